The van der Waals surface area contributed by atoms with Gasteiger partial charge in [-0.05, 0) is 26.9 Å². The Morgan fingerprint density at radius 2 is 1.95 bits per heavy atom. The number of likely N-dealkylation sites (N-methyl/N-ethyl adjacent to an activating group) is 1. The zero-order valence-corrected chi connectivity index (χ0v) is 12.1. The molecule has 0 aromatic heterocycles. The molecule has 110 valence electrons. The first-order chi connectivity index (χ1) is 8.95. The minimum atomic E-state index is -0.859. The highest BCUT2D eigenvalue weighted by Gasteiger charge is 2.24. The molecule has 1 aliphatic rings. The molecule has 1 atom stereocenters. The van der Waals surface area contributed by atoms with Gasteiger partial charge in [-0.25, -0.2) is 4.79 Å². The lowest BCUT2D eigenvalue weighted by molar-refractivity contribution is -0.141. The topological polar surface area (TPSA) is 64.1 Å². The average molecular weight is 271 g/mol. The molecular weight excluding hydrogens is 246 g/mol. The molecule has 0 spiro atoms. The van der Waals surface area contributed by atoms with Gasteiger partial charge >= 0.3 is 12.0 Å². The summed E-state index contributed by atoms with van der Waals surface area (Å²) in [5.41, 5.74) is 0. The van der Waals surface area contributed by atoms with Crippen molar-refractivity contribution in [1.29, 1.82) is 0 Å². The van der Waals surface area contributed by atoms with Crippen molar-refractivity contribution in [2.75, 3.05) is 46.3 Å². The van der Waals surface area contributed by atoms with E-state index in [0.29, 0.717) is 13.1 Å². The molecule has 0 radical (unpaired) electrons. The van der Waals surface area contributed by atoms with Crippen LogP contribution in [-0.4, -0.2) is 78.1 Å². The Morgan fingerprint density at radius 1 is 1.26 bits per heavy atom. The van der Waals surface area contributed by atoms with E-state index in [2.05, 4.69) is 11.9 Å². The first-order valence-electron chi connectivity index (χ1n) is 6.91. The van der Waals surface area contributed by atoms with Gasteiger partial charge in [0.05, 0.1) is 5.92 Å². The maximum Gasteiger partial charge on any atom is 0.320 e. The Morgan fingerprint density at radius 3 is 2.53 bits per heavy atom. The lowest BCUT2D eigenvalue weighted by atomic mass is 10.2. The van der Waals surface area contributed by atoms with Gasteiger partial charge in [-0.1, -0.05) is 6.92 Å². The van der Waals surface area contributed by atoms with Crippen LogP contribution in [0.4, 0.5) is 4.79 Å². The van der Waals surface area contributed by atoms with Gasteiger partial charge in [0.25, 0.3) is 0 Å². The van der Waals surface area contributed by atoms with Gasteiger partial charge in [0, 0.05) is 32.7 Å². The van der Waals surface area contributed by atoms with Crippen LogP contribution in [0.5, 0.6) is 0 Å². The number of carbonyl (C=O) groups excluding carboxylic acids is 1. The number of aliphatic carboxylic acids is 1. The fourth-order valence-electron chi connectivity index (χ4n) is 2.19. The minimum absolute atomic E-state index is 0.0362. The first kappa shape index (κ1) is 15.8. The largest absolute Gasteiger partial charge is 0.481 e. The van der Waals surface area contributed by atoms with Crippen molar-refractivity contribution >= 4 is 12.0 Å². The summed E-state index contributed by atoms with van der Waals surface area (Å²) in [6, 6.07) is -0.0362. The van der Waals surface area contributed by atoms with Crippen LogP contribution in [0.1, 0.15) is 20.3 Å². The third-order valence-electron chi connectivity index (χ3n) is 3.56. The van der Waals surface area contributed by atoms with Gasteiger partial charge in [0.2, 0.25) is 0 Å². The first-order valence-corrected chi connectivity index (χ1v) is 6.91. The van der Waals surface area contributed by atoms with E-state index in [-0.39, 0.29) is 12.6 Å². The fourth-order valence-corrected chi connectivity index (χ4v) is 2.19. The molecule has 1 heterocycles. The summed E-state index contributed by atoms with van der Waals surface area (Å²) in [6.07, 6.45) is 0.967. The van der Waals surface area contributed by atoms with E-state index in [1.165, 1.54) is 0 Å². The molecule has 0 aromatic carbocycles. The summed E-state index contributed by atoms with van der Waals surface area (Å²) in [5.74, 6) is -1.39. The second kappa shape index (κ2) is 7.33. The molecule has 6 nitrogen and oxygen atoms in total. The summed E-state index contributed by atoms with van der Waals surface area (Å²) in [7, 11) is 2.05. The average Bonchev–Trinajstić information content (AvgIpc) is 2.59. The number of urea groups is 1. The molecule has 1 unspecified atom stereocenters. The van der Waals surface area contributed by atoms with Crippen molar-refractivity contribution in [1.82, 2.24) is 14.7 Å². The molecule has 1 N–H and O–H groups in total. The highest BCUT2D eigenvalue weighted by molar-refractivity contribution is 5.76. The number of nitrogens with zero attached hydrogens (tertiary/aromatic N) is 3. The highest BCUT2D eigenvalue weighted by Crippen LogP contribution is 2.08. The monoisotopic (exact) mass is 271 g/mol. The molecule has 0 aromatic rings. The SMILES string of the molecule is CCN(CC(C)C(=O)O)C(=O)N1CCCN(C)CC1. The van der Waals surface area contributed by atoms with Crippen molar-refractivity contribution < 1.29 is 14.7 Å². The van der Waals surface area contributed by atoms with Crippen LogP contribution in [0.3, 0.4) is 0 Å². The smallest absolute Gasteiger partial charge is 0.320 e. The van der Waals surface area contributed by atoms with Crippen LogP contribution in [0.2, 0.25) is 0 Å². The van der Waals surface area contributed by atoms with Gasteiger partial charge in [0.1, 0.15) is 0 Å². The van der Waals surface area contributed by atoms with Gasteiger partial charge < -0.3 is 19.8 Å². The van der Waals surface area contributed by atoms with Crippen LogP contribution in [0.25, 0.3) is 0 Å². The summed E-state index contributed by atoms with van der Waals surface area (Å²) >= 11 is 0. The van der Waals surface area contributed by atoms with Crippen molar-refractivity contribution in [2.24, 2.45) is 5.92 Å². The lowest BCUT2D eigenvalue weighted by Crippen LogP contribution is -2.46. The quantitative estimate of drug-likeness (QED) is 0.821. The van der Waals surface area contributed by atoms with E-state index in [1.54, 1.807) is 11.8 Å². The van der Waals surface area contributed by atoms with Crippen LogP contribution >= 0.6 is 0 Å². The second-order valence-electron chi connectivity index (χ2n) is 5.20. The number of carboxylic acid groups (broad SMARTS) is 1. The molecule has 2 amide bonds. The summed E-state index contributed by atoms with van der Waals surface area (Å²) in [6.45, 7) is 7.68. The Balaban J connectivity index is 2.59. The third-order valence-corrected chi connectivity index (χ3v) is 3.56. The van der Waals surface area contributed by atoms with Gasteiger partial charge in [-0.2, -0.15) is 0 Å². The summed E-state index contributed by atoms with van der Waals surface area (Å²) in [5, 5.41) is 8.94. The van der Waals surface area contributed by atoms with Gasteiger partial charge in [-0.15, -0.1) is 0 Å². The minimum Gasteiger partial charge on any atom is -0.481 e. The van der Waals surface area contributed by atoms with Crippen molar-refractivity contribution in [3.63, 3.8) is 0 Å². The molecule has 1 rings (SSSR count). The molecule has 0 aliphatic carbocycles. The van der Waals surface area contributed by atoms with Crippen LogP contribution in [-0.2, 0) is 4.79 Å². The van der Waals surface area contributed by atoms with E-state index in [9.17, 15) is 9.59 Å². The maximum atomic E-state index is 12.4. The van der Waals surface area contributed by atoms with Crippen LogP contribution < -0.4 is 0 Å². The number of carbonyl (C=O) groups is 2. The van der Waals surface area contributed by atoms with E-state index < -0.39 is 11.9 Å². The van der Waals surface area contributed by atoms with Gasteiger partial charge in [-0.3, -0.25) is 4.79 Å². The standard InChI is InChI=1S/C13H25N3O3/c1-4-15(10-11(2)12(17)18)13(19)16-7-5-6-14(3)8-9-16/h11H,4-10H2,1-3H3,(H,17,18). The van der Waals surface area contributed by atoms with Crippen molar-refractivity contribution in [3.05, 3.63) is 0 Å². The number of hydrogen-bond donors (Lipinski definition) is 1. The maximum absolute atomic E-state index is 12.4. The predicted octanol–water partition coefficient (Wildman–Crippen LogP) is 0.787. The molecule has 0 saturated carbocycles. The van der Waals surface area contributed by atoms with E-state index >= 15 is 0 Å². The number of amides is 2. The van der Waals surface area contributed by atoms with Crippen molar-refractivity contribution in [3.8, 4) is 0 Å². The molecule has 1 fully saturated rings. The Kier molecular flexibility index (Phi) is 6.08. The normalized spacial score (nSPS) is 18.8. The van der Waals surface area contributed by atoms with E-state index in [4.69, 9.17) is 5.11 Å². The Hall–Kier alpha value is -1.30. The predicted molar refractivity (Wildman–Crippen MR) is 73.1 cm³/mol. The molecule has 6 heteroatoms. The third kappa shape index (κ3) is 4.70. The van der Waals surface area contributed by atoms with Crippen molar-refractivity contribution in [2.45, 2.75) is 20.3 Å². The van der Waals surface area contributed by atoms with Crippen LogP contribution in [0.15, 0.2) is 0 Å². The van der Waals surface area contributed by atoms with Crippen LogP contribution in [0, 0.1) is 5.92 Å². The molecular formula is C13H25N3O3. The lowest BCUT2D eigenvalue weighted by Gasteiger charge is -2.30. The zero-order chi connectivity index (χ0) is 14.4. The molecule has 19 heavy (non-hydrogen) atoms. The second-order valence-corrected chi connectivity index (χ2v) is 5.20. The summed E-state index contributed by atoms with van der Waals surface area (Å²) < 4.78 is 0. The highest BCUT2D eigenvalue weighted by atomic mass is 16.4. The zero-order valence-electron chi connectivity index (χ0n) is 12.1. The summed E-state index contributed by atoms with van der Waals surface area (Å²) in [4.78, 5) is 29.0. The van der Waals surface area contributed by atoms with E-state index in [0.717, 1.165) is 26.1 Å². The van der Waals surface area contributed by atoms with Gasteiger partial charge in [0.15, 0.2) is 0 Å². The molecule has 1 saturated heterocycles. The Bertz CT molecular complexity index is 322. The van der Waals surface area contributed by atoms with E-state index in [1.807, 2.05) is 11.8 Å². The number of hydrogen-bond acceptors (Lipinski definition) is 3. The number of rotatable bonds is 4. The fraction of sp³-hybridized carbons (Fsp3) is 0.846. The molecule has 1 aliphatic heterocycles. The molecule has 0 bridgehead atoms. The Labute approximate surface area is 115 Å². The number of carboxylic acids is 1.